The van der Waals surface area contributed by atoms with Crippen LogP contribution in [0, 0.1) is 11.8 Å². The molecular weight excluding hydrogens is 316 g/mol. The fraction of sp³-hybridized carbons (Fsp3) is 0.938. The average Bonchev–Trinajstić information content (AvgIpc) is 2.99. The van der Waals surface area contributed by atoms with Gasteiger partial charge >= 0.3 is 0 Å². The number of rotatable bonds is 7. The Balaban J connectivity index is 1.83. The summed E-state index contributed by atoms with van der Waals surface area (Å²) in [5.41, 5.74) is 0. The second-order valence-electron chi connectivity index (χ2n) is 7.00. The summed E-state index contributed by atoms with van der Waals surface area (Å²) >= 11 is 0. The molecule has 1 aliphatic carbocycles. The number of carbonyl (C=O) groups excluding carboxylic acids is 1. The Morgan fingerprint density at radius 1 is 1.22 bits per heavy atom. The number of nitrogens with zero attached hydrogens (tertiary/aromatic N) is 1. The molecule has 7 heteroatoms. The van der Waals surface area contributed by atoms with Gasteiger partial charge in [-0.2, -0.15) is 0 Å². The first-order valence-electron chi connectivity index (χ1n) is 8.75. The molecule has 0 unspecified atom stereocenters. The third-order valence-electron chi connectivity index (χ3n) is 4.91. The van der Waals surface area contributed by atoms with Crippen LogP contribution in [-0.2, 0) is 19.6 Å². The molecule has 6 nitrogen and oxygen atoms in total. The number of nitrogens with one attached hydrogen (secondary N) is 1. The zero-order valence-electron chi connectivity index (χ0n) is 14.3. The smallest absolute Gasteiger partial charge is 0.239 e. The summed E-state index contributed by atoms with van der Waals surface area (Å²) in [7, 11) is -3.56. The van der Waals surface area contributed by atoms with Crippen LogP contribution in [0.3, 0.4) is 0 Å². The van der Waals surface area contributed by atoms with Crippen LogP contribution >= 0.6 is 0 Å². The van der Waals surface area contributed by atoms with Gasteiger partial charge in [-0.1, -0.05) is 6.92 Å². The Kier molecular flexibility index (Phi) is 6.85. The van der Waals surface area contributed by atoms with E-state index in [2.05, 4.69) is 11.6 Å². The van der Waals surface area contributed by atoms with Crippen LogP contribution in [0.5, 0.6) is 0 Å². The number of carbonyl (C=O) groups is 1. The Morgan fingerprint density at radius 3 is 2.48 bits per heavy atom. The van der Waals surface area contributed by atoms with Crippen molar-refractivity contribution < 1.29 is 17.9 Å². The van der Waals surface area contributed by atoms with E-state index >= 15 is 0 Å². The lowest BCUT2D eigenvalue weighted by atomic mass is 9.88. The first-order valence-corrected chi connectivity index (χ1v) is 10.4. The summed E-state index contributed by atoms with van der Waals surface area (Å²) in [5.74, 6) is 0.243. The molecule has 1 heterocycles. The van der Waals surface area contributed by atoms with E-state index < -0.39 is 15.8 Å². The Labute approximate surface area is 140 Å². The Bertz CT molecular complexity index is 480. The molecule has 1 aliphatic heterocycles. The molecule has 0 aromatic rings. The van der Waals surface area contributed by atoms with Crippen molar-refractivity contribution in [2.45, 2.75) is 52.0 Å². The lowest BCUT2D eigenvalue weighted by Gasteiger charge is -2.27. The molecule has 0 aromatic carbocycles. The van der Waals surface area contributed by atoms with Gasteiger partial charge in [0.1, 0.15) is 5.75 Å². The summed E-state index contributed by atoms with van der Waals surface area (Å²) in [6.07, 6.45) is 4.76. The van der Waals surface area contributed by atoms with Gasteiger partial charge in [-0.3, -0.25) is 4.79 Å². The predicted octanol–water partition coefficient (Wildman–Crippen LogP) is 1.37. The first kappa shape index (κ1) is 18.7. The van der Waals surface area contributed by atoms with E-state index in [9.17, 15) is 13.2 Å². The van der Waals surface area contributed by atoms with E-state index in [-0.39, 0.29) is 11.9 Å². The van der Waals surface area contributed by atoms with Crippen molar-refractivity contribution in [1.82, 2.24) is 9.62 Å². The molecular formula is C16H30N2O4S. The van der Waals surface area contributed by atoms with Gasteiger partial charge in [-0.25, -0.2) is 13.1 Å². The minimum absolute atomic E-state index is 0.0118. The third kappa shape index (κ3) is 6.04. The molecule has 2 aliphatic rings. The molecule has 1 saturated heterocycles. The quantitative estimate of drug-likeness (QED) is 0.755. The topological polar surface area (TPSA) is 75.7 Å². The molecule has 134 valence electrons. The maximum absolute atomic E-state index is 12.3. The average molecular weight is 346 g/mol. The fourth-order valence-electron chi connectivity index (χ4n) is 3.37. The summed E-state index contributed by atoms with van der Waals surface area (Å²) in [4.78, 5) is 14.0. The van der Waals surface area contributed by atoms with Crippen molar-refractivity contribution in [3.8, 4) is 0 Å². The summed E-state index contributed by atoms with van der Waals surface area (Å²) in [5, 5.41) is 0. The number of hydrogen-bond donors (Lipinski definition) is 1. The molecule has 0 radical (unpaired) electrons. The lowest BCUT2D eigenvalue weighted by Crippen LogP contribution is -2.44. The number of hydrogen-bond acceptors (Lipinski definition) is 4. The molecule has 2 fully saturated rings. The van der Waals surface area contributed by atoms with Gasteiger partial charge in [-0.05, 0) is 44.9 Å². The van der Waals surface area contributed by atoms with E-state index in [0.29, 0.717) is 31.5 Å². The first-order chi connectivity index (χ1) is 10.9. The minimum Gasteiger partial charge on any atom is -0.381 e. The predicted molar refractivity (Wildman–Crippen MR) is 89.5 cm³/mol. The van der Waals surface area contributed by atoms with Crippen molar-refractivity contribution in [2.24, 2.45) is 11.8 Å². The maximum atomic E-state index is 12.3. The van der Waals surface area contributed by atoms with Crippen LogP contribution in [0.4, 0.5) is 0 Å². The minimum atomic E-state index is -3.56. The van der Waals surface area contributed by atoms with Crippen molar-refractivity contribution in [1.29, 1.82) is 0 Å². The van der Waals surface area contributed by atoms with Crippen LogP contribution in [0.15, 0.2) is 0 Å². The summed E-state index contributed by atoms with van der Waals surface area (Å²) in [6.45, 7) is 6.60. The Morgan fingerprint density at radius 2 is 1.91 bits per heavy atom. The molecule has 23 heavy (non-hydrogen) atoms. The van der Waals surface area contributed by atoms with Gasteiger partial charge in [0.15, 0.2) is 0 Å². The highest BCUT2D eigenvalue weighted by Crippen LogP contribution is 2.24. The van der Waals surface area contributed by atoms with Crippen LogP contribution in [-0.4, -0.2) is 57.3 Å². The zero-order valence-corrected chi connectivity index (χ0v) is 15.1. The number of amides is 1. The highest BCUT2D eigenvalue weighted by Gasteiger charge is 2.28. The molecule has 1 saturated carbocycles. The highest BCUT2D eigenvalue weighted by molar-refractivity contribution is 7.90. The summed E-state index contributed by atoms with van der Waals surface area (Å²) < 4.78 is 32.6. The van der Waals surface area contributed by atoms with Crippen molar-refractivity contribution in [3.05, 3.63) is 0 Å². The lowest BCUT2D eigenvalue weighted by molar-refractivity contribution is -0.128. The van der Waals surface area contributed by atoms with Crippen molar-refractivity contribution >= 4 is 15.9 Å². The zero-order chi connectivity index (χ0) is 16.9. The Hall–Kier alpha value is -0.660. The van der Waals surface area contributed by atoms with Gasteiger partial charge in [0.2, 0.25) is 15.9 Å². The van der Waals surface area contributed by atoms with E-state index in [1.54, 1.807) is 4.90 Å². The van der Waals surface area contributed by atoms with Gasteiger partial charge in [0.25, 0.3) is 0 Å². The SMILES string of the molecule is CCN(C[C@H]1CCOC1)C(=O)CS(=O)(=O)NC1CCC(C)CC1. The summed E-state index contributed by atoms with van der Waals surface area (Å²) in [6, 6.07) is -0.0118. The van der Waals surface area contributed by atoms with Crippen LogP contribution in [0.2, 0.25) is 0 Å². The molecule has 0 spiro atoms. The second-order valence-corrected chi connectivity index (χ2v) is 8.75. The second kappa shape index (κ2) is 8.44. The van der Waals surface area contributed by atoms with E-state index in [1.807, 2.05) is 6.92 Å². The van der Waals surface area contributed by atoms with Crippen molar-refractivity contribution in [2.75, 3.05) is 32.1 Å². The molecule has 1 amide bonds. The molecule has 1 N–H and O–H groups in total. The standard InChI is InChI=1S/C16H30N2O4S/c1-3-18(10-14-8-9-22-11-14)16(19)12-23(20,21)17-15-6-4-13(2)5-7-15/h13-15,17H,3-12H2,1-2H3/t13?,14-,15?/m1/s1. The molecule has 0 bridgehead atoms. The highest BCUT2D eigenvalue weighted by atomic mass is 32.2. The largest absolute Gasteiger partial charge is 0.381 e. The number of sulfonamides is 1. The van der Waals surface area contributed by atoms with E-state index in [4.69, 9.17) is 4.74 Å². The normalized spacial score (nSPS) is 28.7. The van der Waals surface area contributed by atoms with Crippen molar-refractivity contribution in [3.63, 3.8) is 0 Å². The van der Waals surface area contributed by atoms with E-state index in [0.717, 1.165) is 38.7 Å². The monoisotopic (exact) mass is 346 g/mol. The molecule has 0 aromatic heterocycles. The number of ether oxygens (including phenoxy) is 1. The van der Waals surface area contributed by atoms with Crippen LogP contribution in [0.1, 0.15) is 46.0 Å². The van der Waals surface area contributed by atoms with Crippen LogP contribution in [0.25, 0.3) is 0 Å². The molecule has 2 rings (SSSR count). The molecule has 1 atom stereocenters. The van der Waals surface area contributed by atoms with Gasteiger partial charge < -0.3 is 9.64 Å². The van der Waals surface area contributed by atoms with Gasteiger partial charge in [0, 0.05) is 31.7 Å². The maximum Gasteiger partial charge on any atom is 0.239 e. The van der Waals surface area contributed by atoms with Gasteiger partial charge in [-0.15, -0.1) is 0 Å². The van der Waals surface area contributed by atoms with Crippen LogP contribution < -0.4 is 4.72 Å². The fourth-order valence-corrected chi connectivity index (χ4v) is 4.71. The third-order valence-corrected chi connectivity index (χ3v) is 6.23. The van der Waals surface area contributed by atoms with E-state index in [1.165, 1.54) is 0 Å². The van der Waals surface area contributed by atoms with Gasteiger partial charge in [0.05, 0.1) is 6.61 Å².